The number of nitrogens with zero attached hydrogens (tertiary/aromatic N) is 1. The molecule has 0 fully saturated rings. The molecular formula is C9H8N2O4. The highest BCUT2D eigenvalue weighted by atomic mass is 16.6. The van der Waals surface area contributed by atoms with Crippen molar-refractivity contribution in [3.63, 3.8) is 0 Å². The van der Waals surface area contributed by atoms with Gasteiger partial charge in [-0.2, -0.15) is 0 Å². The zero-order valence-electron chi connectivity index (χ0n) is 7.64. The summed E-state index contributed by atoms with van der Waals surface area (Å²) >= 11 is 0. The quantitative estimate of drug-likeness (QED) is 0.554. The van der Waals surface area contributed by atoms with E-state index in [0.717, 1.165) is 5.56 Å². The zero-order chi connectivity index (χ0) is 11.0. The SMILES string of the molecule is O=C(O)[C@H]1NCc2ccc([N+](=O)[O-])cc21. The number of carboxylic acid groups (broad SMARTS) is 1. The zero-order valence-corrected chi connectivity index (χ0v) is 7.64. The van der Waals surface area contributed by atoms with Crippen molar-refractivity contribution in [3.8, 4) is 0 Å². The fourth-order valence-corrected chi connectivity index (χ4v) is 1.67. The van der Waals surface area contributed by atoms with Gasteiger partial charge in [0.2, 0.25) is 0 Å². The lowest BCUT2D eigenvalue weighted by molar-refractivity contribution is -0.384. The predicted molar refractivity (Wildman–Crippen MR) is 50.3 cm³/mol. The van der Waals surface area contributed by atoms with Crippen molar-refractivity contribution >= 4 is 11.7 Å². The molecule has 1 aliphatic rings. The Labute approximate surface area is 84.7 Å². The van der Waals surface area contributed by atoms with Crippen molar-refractivity contribution in [3.05, 3.63) is 39.4 Å². The molecule has 0 radical (unpaired) electrons. The van der Waals surface area contributed by atoms with Crippen molar-refractivity contribution in [2.45, 2.75) is 12.6 Å². The van der Waals surface area contributed by atoms with Crippen LogP contribution in [0.15, 0.2) is 18.2 Å². The van der Waals surface area contributed by atoms with Crippen LogP contribution in [0.1, 0.15) is 17.2 Å². The van der Waals surface area contributed by atoms with Gasteiger partial charge >= 0.3 is 5.97 Å². The molecule has 0 unspecified atom stereocenters. The summed E-state index contributed by atoms with van der Waals surface area (Å²) in [6, 6.07) is 3.45. The fraction of sp³-hybridized carbons (Fsp3) is 0.222. The highest BCUT2D eigenvalue weighted by molar-refractivity contribution is 5.77. The molecule has 1 aromatic rings. The van der Waals surface area contributed by atoms with Gasteiger partial charge in [-0.15, -0.1) is 0 Å². The number of nitro groups is 1. The molecular weight excluding hydrogens is 200 g/mol. The summed E-state index contributed by atoms with van der Waals surface area (Å²) in [5, 5.41) is 22.1. The Morgan fingerprint density at radius 2 is 2.33 bits per heavy atom. The van der Waals surface area contributed by atoms with E-state index < -0.39 is 16.9 Å². The molecule has 0 amide bonds. The highest BCUT2D eigenvalue weighted by Gasteiger charge is 2.29. The third-order valence-electron chi connectivity index (χ3n) is 2.39. The second-order valence-corrected chi connectivity index (χ2v) is 3.29. The van der Waals surface area contributed by atoms with Gasteiger partial charge in [0.1, 0.15) is 6.04 Å². The van der Waals surface area contributed by atoms with E-state index in [1.165, 1.54) is 12.1 Å². The molecule has 0 saturated heterocycles. The van der Waals surface area contributed by atoms with E-state index >= 15 is 0 Å². The Morgan fingerprint density at radius 3 is 2.93 bits per heavy atom. The molecule has 1 aromatic carbocycles. The number of hydrogen-bond donors (Lipinski definition) is 2. The molecule has 0 spiro atoms. The van der Waals surface area contributed by atoms with Gasteiger partial charge in [-0.1, -0.05) is 6.07 Å². The molecule has 1 atom stereocenters. The van der Waals surface area contributed by atoms with Crippen LogP contribution in [0.3, 0.4) is 0 Å². The predicted octanol–water partition coefficient (Wildman–Crippen LogP) is 0.824. The van der Waals surface area contributed by atoms with Crippen molar-refractivity contribution in [1.29, 1.82) is 0 Å². The molecule has 0 saturated carbocycles. The van der Waals surface area contributed by atoms with E-state index in [9.17, 15) is 14.9 Å². The number of carbonyl (C=O) groups is 1. The molecule has 6 nitrogen and oxygen atoms in total. The standard InChI is InChI=1S/C9H8N2O4/c12-9(13)8-7-3-6(11(14)15)2-1-5(7)4-10-8/h1-3,8,10H,4H2,(H,12,13)/t8-/m0/s1. The minimum atomic E-state index is -1.02. The summed E-state index contributed by atoms with van der Waals surface area (Å²) in [4.78, 5) is 20.8. The van der Waals surface area contributed by atoms with Gasteiger partial charge in [0.25, 0.3) is 5.69 Å². The number of fused-ring (bicyclic) bond motifs is 1. The van der Waals surface area contributed by atoms with Crippen molar-refractivity contribution in [2.75, 3.05) is 0 Å². The Kier molecular flexibility index (Phi) is 2.12. The second kappa shape index (κ2) is 3.32. The first kappa shape index (κ1) is 9.60. The van der Waals surface area contributed by atoms with Crippen molar-refractivity contribution < 1.29 is 14.8 Å². The van der Waals surface area contributed by atoms with Crippen molar-refractivity contribution in [1.82, 2.24) is 5.32 Å². The number of hydrogen-bond acceptors (Lipinski definition) is 4. The summed E-state index contributed by atoms with van der Waals surface area (Å²) < 4.78 is 0. The highest BCUT2D eigenvalue weighted by Crippen LogP contribution is 2.28. The summed E-state index contributed by atoms with van der Waals surface area (Å²) in [5.41, 5.74) is 1.20. The summed E-state index contributed by atoms with van der Waals surface area (Å²) in [6.45, 7) is 0.435. The van der Waals surface area contributed by atoms with Gasteiger partial charge in [0.15, 0.2) is 0 Å². The summed E-state index contributed by atoms with van der Waals surface area (Å²) in [6.07, 6.45) is 0. The van der Waals surface area contributed by atoms with Gasteiger partial charge < -0.3 is 5.11 Å². The number of benzene rings is 1. The minimum absolute atomic E-state index is 0.0799. The van der Waals surface area contributed by atoms with Crippen LogP contribution < -0.4 is 5.32 Å². The summed E-state index contributed by atoms with van der Waals surface area (Å²) in [5.74, 6) is -1.02. The first-order chi connectivity index (χ1) is 7.09. The van der Waals surface area contributed by atoms with Crippen LogP contribution in [-0.2, 0) is 11.3 Å². The van der Waals surface area contributed by atoms with E-state index in [1.807, 2.05) is 0 Å². The number of aliphatic carboxylic acids is 1. The van der Waals surface area contributed by atoms with Crippen LogP contribution in [0.5, 0.6) is 0 Å². The van der Waals surface area contributed by atoms with Gasteiger partial charge in [-0.05, 0) is 11.1 Å². The van der Waals surface area contributed by atoms with Crippen molar-refractivity contribution in [2.24, 2.45) is 0 Å². The maximum absolute atomic E-state index is 10.8. The van der Waals surface area contributed by atoms with E-state index in [-0.39, 0.29) is 5.69 Å². The van der Waals surface area contributed by atoms with Gasteiger partial charge in [-0.25, -0.2) is 0 Å². The van der Waals surface area contributed by atoms with Gasteiger partial charge in [0, 0.05) is 18.7 Å². The van der Waals surface area contributed by atoms with Crippen LogP contribution in [0, 0.1) is 10.1 Å². The largest absolute Gasteiger partial charge is 0.480 e. The number of nitrogens with one attached hydrogen (secondary N) is 1. The molecule has 1 heterocycles. The lowest BCUT2D eigenvalue weighted by atomic mass is 10.0. The Balaban J connectivity index is 2.46. The molecule has 0 aliphatic carbocycles. The van der Waals surface area contributed by atoms with Crippen LogP contribution in [0.25, 0.3) is 0 Å². The Hall–Kier alpha value is -1.95. The van der Waals surface area contributed by atoms with Crippen LogP contribution in [0.2, 0.25) is 0 Å². The van der Waals surface area contributed by atoms with Crippen LogP contribution >= 0.6 is 0 Å². The molecule has 0 bridgehead atoms. The summed E-state index contributed by atoms with van der Waals surface area (Å²) in [7, 11) is 0. The number of nitro benzene ring substituents is 1. The number of non-ortho nitro benzene ring substituents is 1. The third-order valence-corrected chi connectivity index (χ3v) is 2.39. The van der Waals surface area contributed by atoms with E-state index in [1.54, 1.807) is 6.07 Å². The lowest BCUT2D eigenvalue weighted by Gasteiger charge is -2.04. The van der Waals surface area contributed by atoms with E-state index in [2.05, 4.69) is 5.32 Å². The molecule has 0 aromatic heterocycles. The molecule has 1 aliphatic heterocycles. The maximum atomic E-state index is 10.8. The molecule has 78 valence electrons. The first-order valence-electron chi connectivity index (χ1n) is 4.33. The van der Waals surface area contributed by atoms with Gasteiger partial charge in [0.05, 0.1) is 4.92 Å². The van der Waals surface area contributed by atoms with E-state index in [4.69, 9.17) is 5.11 Å². The Morgan fingerprint density at radius 1 is 1.60 bits per heavy atom. The lowest BCUT2D eigenvalue weighted by Crippen LogP contribution is -2.21. The Bertz CT molecular complexity index is 444. The molecule has 15 heavy (non-hydrogen) atoms. The molecule has 6 heteroatoms. The topological polar surface area (TPSA) is 92.5 Å². The molecule has 2 N–H and O–H groups in total. The first-order valence-corrected chi connectivity index (χ1v) is 4.33. The van der Waals surface area contributed by atoms with Crippen LogP contribution in [-0.4, -0.2) is 16.0 Å². The monoisotopic (exact) mass is 208 g/mol. The fourth-order valence-electron chi connectivity index (χ4n) is 1.67. The van der Waals surface area contributed by atoms with E-state index in [0.29, 0.717) is 12.1 Å². The third kappa shape index (κ3) is 1.55. The minimum Gasteiger partial charge on any atom is -0.480 e. The normalized spacial score (nSPS) is 18.5. The molecule has 2 rings (SSSR count). The maximum Gasteiger partial charge on any atom is 0.325 e. The van der Waals surface area contributed by atoms with Gasteiger partial charge in [-0.3, -0.25) is 20.2 Å². The average molecular weight is 208 g/mol. The van der Waals surface area contributed by atoms with Crippen LogP contribution in [0.4, 0.5) is 5.69 Å². The smallest absolute Gasteiger partial charge is 0.325 e. The second-order valence-electron chi connectivity index (χ2n) is 3.29. The number of carboxylic acids is 1. The average Bonchev–Trinajstić information content (AvgIpc) is 2.59. The number of rotatable bonds is 2.